The Balaban J connectivity index is 1.84. The monoisotopic (exact) mass is 403 g/mol. The SMILES string of the molecule is Cc1cccc(N2C(=O)N(Cc3ccc(C#N)cc3)c3ccccc3S2(=O)=O)c1. The molecule has 0 unspecified atom stereocenters. The largest absolute Gasteiger partial charge is 0.343 e. The summed E-state index contributed by atoms with van der Waals surface area (Å²) in [6.45, 7) is 2.02. The van der Waals surface area contributed by atoms with Gasteiger partial charge in [-0.3, -0.25) is 4.90 Å². The average Bonchev–Trinajstić information content (AvgIpc) is 2.71. The third-order valence-electron chi connectivity index (χ3n) is 4.74. The number of benzene rings is 3. The number of aryl methyl sites for hydroxylation is 1. The molecule has 0 aliphatic carbocycles. The third kappa shape index (κ3) is 3.24. The Morgan fingerprint density at radius 3 is 2.38 bits per heavy atom. The first-order valence-corrected chi connectivity index (χ1v) is 10.4. The molecule has 1 aliphatic heterocycles. The first-order valence-electron chi connectivity index (χ1n) is 8.93. The van der Waals surface area contributed by atoms with Crippen LogP contribution in [-0.4, -0.2) is 14.4 Å². The van der Waals surface area contributed by atoms with E-state index in [1.165, 1.54) is 11.0 Å². The van der Waals surface area contributed by atoms with E-state index in [0.717, 1.165) is 15.4 Å². The molecule has 7 heteroatoms. The van der Waals surface area contributed by atoms with E-state index in [2.05, 4.69) is 6.07 Å². The molecule has 2 amide bonds. The molecule has 0 saturated heterocycles. The molecule has 0 bridgehead atoms. The number of nitriles is 1. The maximum absolute atomic E-state index is 13.4. The number of carbonyl (C=O) groups is 1. The van der Waals surface area contributed by atoms with Gasteiger partial charge < -0.3 is 0 Å². The molecule has 0 radical (unpaired) electrons. The summed E-state index contributed by atoms with van der Waals surface area (Å²) in [5, 5.41) is 8.98. The van der Waals surface area contributed by atoms with E-state index in [-0.39, 0.29) is 11.4 Å². The maximum Gasteiger partial charge on any atom is 0.343 e. The van der Waals surface area contributed by atoms with Crippen molar-refractivity contribution in [3.8, 4) is 6.07 Å². The Labute approximate surface area is 169 Å². The van der Waals surface area contributed by atoms with Gasteiger partial charge in [0.2, 0.25) is 0 Å². The number of para-hydroxylation sites is 1. The number of hydrogen-bond acceptors (Lipinski definition) is 4. The molecule has 3 aromatic carbocycles. The van der Waals surface area contributed by atoms with E-state index in [1.54, 1.807) is 60.7 Å². The Kier molecular flexibility index (Phi) is 4.57. The summed E-state index contributed by atoms with van der Waals surface area (Å²) < 4.78 is 27.4. The fourth-order valence-corrected chi connectivity index (χ4v) is 4.92. The third-order valence-corrected chi connectivity index (χ3v) is 6.49. The van der Waals surface area contributed by atoms with Crippen LogP contribution in [0.3, 0.4) is 0 Å². The standard InChI is InChI=1S/C22H17N3O3S/c1-16-5-4-6-19(13-16)25-22(26)24(15-18-11-9-17(14-23)10-12-18)20-7-2-3-8-21(20)29(25,27)28/h2-13H,15H2,1H3. The van der Waals surface area contributed by atoms with Gasteiger partial charge in [0.1, 0.15) is 4.90 Å². The fraction of sp³-hybridized carbons (Fsp3) is 0.0909. The summed E-state index contributed by atoms with van der Waals surface area (Å²) in [6.07, 6.45) is 0. The molecule has 0 atom stereocenters. The summed E-state index contributed by atoms with van der Waals surface area (Å²) in [7, 11) is -4.04. The minimum atomic E-state index is -4.04. The topological polar surface area (TPSA) is 81.5 Å². The Hall–Kier alpha value is -3.63. The molecule has 0 aromatic heterocycles. The van der Waals surface area contributed by atoms with Crippen molar-refractivity contribution in [2.75, 3.05) is 9.21 Å². The van der Waals surface area contributed by atoms with Crippen molar-refractivity contribution >= 4 is 27.4 Å². The minimum Gasteiger partial charge on any atom is -0.287 e. The van der Waals surface area contributed by atoms with Gasteiger partial charge in [0.05, 0.1) is 29.6 Å². The number of nitrogens with zero attached hydrogens (tertiary/aromatic N) is 3. The molecule has 0 saturated carbocycles. The summed E-state index contributed by atoms with van der Waals surface area (Å²) in [6, 6.07) is 21.6. The van der Waals surface area contributed by atoms with Crippen LogP contribution < -0.4 is 9.21 Å². The number of hydrogen-bond donors (Lipinski definition) is 0. The minimum absolute atomic E-state index is 0.0785. The molecule has 4 rings (SSSR count). The van der Waals surface area contributed by atoms with Crippen molar-refractivity contribution in [1.29, 1.82) is 5.26 Å². The van der Waals surface area contributed by atoms with Crippen LogP contribution in [0, 0.1) is 18.3 Å². The lowest BCUT2D eigenvalue weighted by atomic mass is 10.1. The molecule has 0 N–H and O–H groups in total. The second-order valence-electron chi connectivity index (χ2n) is 6.75. The van der Waals surface area contributed by atoms with Crippen molar-refractivity contribution in [1.82, 2.24) is 0 Å². The van der Waals surface area contributed by atoms with Gasteiger partial charge in [-0.1, -0.05) is 36.4 Å². The fourth-order valence-electron chi connectivity index (χ4n) is 3.34. The van der Waals surface area contributed by atoms with Crippen molar-refractivity contribution in [2.24, 2.45) is 0 Å². The van der Waals surface area contributed by atoms with E-state index < -0.39 is 16.1 Å². The molecule has 3 aromatic rings. The van der Waals surface area contributed by atoms with Gasteiger partial charge in [-0.2, -0.15) is 9.57 Å². The summed E-state index contributed by atoms with van der Waals surface area (Å²) in [5.41, 5.74) is 2.79. The lowest BCUT2D eigenvalue weighted by molar-refractivity contribution is 0.253. The number of fused-ring (bicyclic) bond motifs is 1. The number of sulfonamides is 1. The summed E-state index contributed by atoms with van der Waals surface area (Å²) in [4.78, 5) is 14.9. The predicted molar refractivity (Wildman–Crippen MR) is 110 cm³/mol. The van der Waals surface area contributed by atoms with Crippen LogP contribution in [0.5, 0.6) is 0 Å². The number of amides is 2. The van der Waals surface area contributed by atoms with E-state index in [9.17, 15) is 13.2 Å². The first kappa shape index (κ1) is 18.7. The molecule has 144 valence electrons. The molecule has 29 heavy (non-hydrogen) atoms. The smallest absolute Gasteiger partial charge is 0.287 e. The zero-order valence-electron chi connectivity index (χ0n) is 15.6. The number of urea groups is 1. The Bertz CT molecular complexity index is 1240. The van der Waals surface area contributed by atoms with Gasteiger partial charge in [-0.25, -0.2) is 13.2 Å². The highest BCUT2D eigenvalue weighted by atomic mass is 32.2. The van der Waals surface area contributed by atoms with Gasteiger partial charge >= 0.3 is 6.03 Å². The van der Waals surface area contributed by atoms with E-state index in [4.69, 9.17) is 5.26 Å². The molecular formula is C22H17N3O3S. The van der Waals surface area contributed by atoms with Gasteiger partial charge in [-0.05, 0) is 54.4 Å². The van der Waals surface area contributed by atoms with Crippen molar-refractivity contribution in [2.45, 2.75) is 18.4 Å². The lowest BCUT2D eigenvalue weighted by Crippen LogP contribution is -2.50. The highest BCUT2D eigenvalue weighted by molar-refractivity contribution is 7.94. The quantitative estimate of drug-likeness (QED) is 0.656. The van der Waals surface area contributed by atoms with Crippen LogP contribution in [0.25, 0.3) is 0 Å². The van der Waals surface area contributed by atoms with Gasteiger partial charge in [0, 0.05) is 0 Å². The average molecular weight is 403 g/mol. The molecular weight excluding hydrogens is 386 g/mol. The van der Waals surface area contributed by atoms with Crippen molar-refractivity contribution < 1.29 is 13.2 Å². The maximum atomic E-state index is 13.4. The summed E-state index contributed by atoms with van der Waals surface area (Å²) in [5.74, 6) is 0. The Morgan fingerprint density at radius 2 is 1.69 bits per heavy atom. The van der Waals surface area contributed by atoms with Gasteiger partial charge in [0.25, 0.3) is 10.0 Å². The van der Waals surface area contributed by atoms with Crippen LogP contribution in [0.4, 0.5) is 16.2 Å². The second-order valence-corrected chi connectivity index (χ2v) is 8.51. The van der Waals surface area contributed by atoms with E-state index in [0.29, 0.717) is 16.9 Å². The van der Waals surface area contributed by atoms with Crippen LogP contribution in [0.2, 0.25) is 0 Å². The highest BCUT2D eigenvalue weighted by Crippen LogP contribution is 2.38. The zero-order valence-corrected chi connectivity index (χ0v) is 16.4. The van der Waals surface area contributed by atoms with Crippen LogP contribution in [0.1, 0.15) is 16.7 Å². The number of carbonyl (C=O) groups excluding carboxylic acids is 1. The van der Waals surface area contributed by atoms with E-state index >= 15 is 0 Å². The highest BCUT2D eigenvalue weighted by Gasteiger charge is 2.42. The summed E-state index contributed by atoms with van der Waals surface area (Å²) >= 11 is 0. The molecule has 0 spiro atoms. The molecule has 0 fully saturated rings. The van der Waals surface area contributed by atoms with Crippen LogP contribution >= 0.6 is 0 Å². The normalized spacial score (nSPS) is 15.0. The number of rotatable bonds is 3. The second kappa shape index (κ2) is 7.08. The molecule has 1 heterocycles. The zero-order chi connectivity index (χ0) is 20.6. The first-order chi connectivity index (χ1) is 13.9. The van der Waals surface area contributed by atoms with Crippen molar-refractivity contribution in [3.05, 3.63) is 89.5 Å². The number of anilines is 2. The van der Waals surface area contributed by atoms with Gasteiger partial charge in [-0.15, -0.1) is 0 Å². The predicted octanol–water partition coefficient (Wildman–Crippen LogP) is 4.20. The molecule has 6 nitrogen and oxygen atoms in total. The van der Waals surface area contributed by atoms with Gasteiger partial charge in [0.15, 0.2) is 0 Å². The van der Waals surface area contributed by atoms with Crippen molar-refractivity contribution in [3.63, 3.8) is 0 Å². The lowest BCUT2D eigenvalue weighted by Gasteiger charge is -2.36. The molecule has 1 aliphatic rings. The Morgan fingerprint density at radius 1 is 0.966 bits per heavy atom. The van der Waals surface area contributed by atoms with E-state index in [1.807, 2.05) is 13.0 Å². The van der Waals surface area contributed by atoms with Crippen LogP contribution in [-0.2, 0) is 16.6 Å². The van der Waals surface area contributed by atoms with Crippen LogP contribution in [0.15, 0.2) is 77.7 Å².